The van der Waals surface area contributed by atoms with E-state index >= 15 is 0 Å². The van der Waals surface area contributed by atoms with Crippen LogP contribution in [0.2, 0.25) is 0 Å². The minimum Gasteiger partial charge on any atom is -0.486 e. The van der Waals surface area contributed by atoms with Crippen molar-refractivity contribution < 1.29 is 14.3 Å². The van der Waals surface area contributed by atoms with Crippen LogP contribution in [0.3, 0.4) is 0 Å². The van der Waals surface area contributed by atoms with E-state index in [4.69, 9.17) is 4.74 Å². The summed E-state index contributed by atoms with van der Waals surface area (Å²) in [5, 5.41) is 0. The lowest BCUT2D eigenvalue weighted by Crippen LogP contribution is -2.18. The van der Waals surface area contributed by atoms with E-state index in [0.717, 1.165) is 16.8 Å². The van der Waals surface area contributed by atoms with Gasteiger partial charge in [0.25, 0.3) is 0 Å². The maximum Gasteiger partial charge on any atom is 0.246 e. The van der Waals surface area contributed by atoms with Gasteiger partial charge in [-0.05, 0) is 24.3 Å². The zero-order valence-corrected chi connectivity index (χ0v) is 16.6. The first-order valence-corrected chi connectivity index (χ1v) is 8.83. The zero-order valence-electron chi connectivity index (χ0n) is 16.6. The molecule has 0 bridgehead atoms. The van der Waals surface area contributed by atoms with Crippen LogP contribution >= 0.6 is 0 Å². The summed E-state index contributed by atoms with van der Waals surface area (Å²) in [4.78, 5) is 31.1. The molecule has 0 aliphatic heterocycles. The first-order valence-electron chi connectivity index (χ1n) is 8.83. The smallest absolute Gasteiger partial charge is 0.246 e. The molecule has 1 heterocycles. The molecular formula is C22H25N3O3. The van der Waals surface area contributed by atoms with E-state index in [1.54, 1.807) is 46.5 Å². The highest BCUT2D eigenvalue weighted by atomic mass is 16.5. The van der Waals surface area contributed by atoms with Gasteiger partial charge in [0.2, 0.25) is 11.8 Å². The third-order valence-electron chi connectivity index (χ3n) is 3.86. The molecule has 0 fully saturated rings. The molecule has 0 N–H and O–H groups in total. The summed E-state index contributed by atoms with van der Waals surface area (Å²) in [6.07, 6.45) is 8.10. The predicted octanol–water partition coefficient (Wildman–Crippen LogP) is 2.86. The van der Waals surface area contributed by atoms with Crippen molar-refractivity contribution in [3.8, 4) is 5.75 Å². The van der Waals surface area contributed by atoms with Crippen molar-refractivity contribution in [2.24, 2.45) is 0 Å². The summed E-state index contributed by atoms with van der Waals surface area (Å²) < 4.78 is 6.03. The van der Waals surface area contributed by atoms with E-state index in [0.29, 0.717) is 5.75 Å². The standard InChI is InChI=1S/C22H25N3O3/c1-24(2)20(26)13-11-17-8-7-9-18(12-14-21(27)25(3)4)22(17)28-16-19-10-5-6-15-23-19/h5-15H,16H2,1-4H3/b13-11-,14-12+. The van der Waals surface area contributed by atoms with Crippen LogP contribution in [0.15, 0.2) is 54.7 Å². The number of carbonyl (C=O) groups excluding carboxylic acids is 2. The van der Waals surface area contributed by atoms with Crippen LogP contribution in [-0.4, -0.2) is 54.8 Å². The van der Waals surface area contributed by atoms with Gasteiger partial charge in [-0.1, -0.05) is 24.3 Å². The number of aromatic nitrogens is 1. The van der Waals surface area contributed by atoms with Gasteiger partial charge < -0.3 is 14.5 Å². The first-order chi connectivity index (χ1) is 13.4. The number of nitrogens with zero attached hydrogens (tertiary/aromatic N) is 3. The van der Waals surface area contributed by atoms with Crippen LogP contribution in [0.5, 0.6) is 5.75 Å². The minimum atomic E-state index is -0.126. The number of pyridine rings is 1. The van der Waals surface area contributed by atoms with Crippen molar-refractivity contribution in [1.82, 2.24) is 14.8 Å². The molecule has 1 aromatic carbocycles. The SMILES string of the molecule is CN(C)C(=O)/C=C\c1cccc(/C=C/C(=O)N(C)C)c1OCc1ccccn1. The molecule has 6 heteroatoms. The van der Waals surface area contributed by atoms with E-state index in [9.17, 15) is 9.59 Å². The normalized spacial score (nSPS) is 11.0. The number of hydrogen-bond donors (Lipinski definition) is 0. The predicted molar refractivity (Wildman–Crippen MR) is 110 cm³/mol. The Bertz CT molecular complexity index is 824. The fourth-order valence-corrected chi connectivity index (χ4v) is 2.25. The summed E-state index contributed by atoms with van der Waals surface area (Å²) in [5.74, 6) is 0.331. The maximum absolute atomic E-state index is 11.9. The van der Waals surface area contributed by atoms with E-state index in [1.807, 2.05) is 36.4 Å². The highest BCUT2D eigenvalue weighted by Crippen LogP contribution is 2.27. The van der Waals surface area contributed by atoms with Gasteiger partial charge in [0.05, 0.1) is 5.69 Å². The van der Waals surface area contributed by atoms with Crippen LogP contribution in [0.4, 0.5) is 0 Å². The topological polar surface area (TPSA) is 62.7 Å². The second-order valence-corrected chi connectivity index (χ2v) is 6.51. The van der Waals surface area contributed by atoms with Crippen LogP contribution in [-0.2, 0) is 16.2 Å². The van der Waals surface area contributed by atoms with Crippen LogP contribution in [0.1, 0.15) is 16.8 Å². The molecule has 0 unspecified atom stereocenters. The average Bonchev–Trinajstić information content (AvgIpc) is 2.69. The molecule has 146 valence electrons. The number of amides is 2. The van der Waals surface area contributed by atoms with Gasteiger partial charge in [0.15, 0.2) is 0 Å². The molecule has 28 heavy (non-hydrogen) atoms. The van der Waals surface area contributed by atoms with Crippen molar-refractivity contribution in [3.05, 3.63) is 71.6 Å². The zero-order chi connectivity index (χ0) is 20.5. The Labute approximate surface area is 165 Å². The van der Waals surface area contributed by atoms with Gasteiger partial charge in [-0.3, -0.25) is 14.6 Å². The molecule has 0 saturated carbocycles. The van der Waals surface area contributed by atoms with Crippen molar-refractivity contribution >= 4 is 24.0 Å². The summed E-state index contributed by atoms with van der Waals surface area (Å²) in [6.45, 7) is 0.274. The summed E-state index contributed by atoms with van der Waals surface area (Å²) in [7, 11) is 6.77. The molecular weight excluding hydrogens is 354 g/mol. The Morgan fingerprint density at radius 1 is 0.893 bits per heavy atom. The quantitative estimate of drug-likeness (QED) is 0.694. The molecule has 1 aromatic heterocycles. The maximum atomic E-state index is 11.9. The minimum absolute atomic E-state index is 0.126. The van der Waals surface area contributed by atoms with Gasteiger partial charge in [-0.2, -0.15) is 0 Å². The third kappa shape index (κ3) is 6.09. The lowest BCUT2D eigenvalue weighted by atomic mass is 10.1. The van der Waals surface area contributed by atoms with Crippen molar-refractivity contribution in [3.63, 3.8) is 0 Å². The molecule has 2 amide bonds. The summed E-state index contributed by atoms with van der Waals surface area (Å²) in [6, 6.07) is 11.2. The molecule has 2 rings (SSSR count). The van der Waals surface area contributed by atoms with Crippen molar-refractivity contribution in [2.45, 2.75) is 6.61 Å². The largest absolute Gasteiger partial charge is 0.486 e. The molecule has 0 spiro atoms. The highest BCUT2D eigenvalue weighted by molar-refractivity contribution is 5.93. The van der Waals surface area contributed by atoms with Crippen LogP contribution in [0.25, 0.3) is 12.2 Å². The van der Waals surface area contributed by atoms with Crippen LogP contribution in [0, 0.1) is 0 Å². The number of carbonyl (C=O) groups is 2. The lowest BCUT2D eigenvalue weighted by molar-refractivity contribution is -0.124. The third-order valence-corrected chi connectivity index (χ3v) is 3.86. The van der Waals surface area contributed by atoms with Crippen LogP contribution < -0.4 is 4.74 Å². The Hall–Kier alpha value is -3.41. The molecule has 2 aromatic rings. The van der Waals surface area contributed by atoms with Gasteiger partial charge >= 0.3 is 0 Å². The average molecular weight is 379 g/mol. The molecule has 6 nitrogen and oxygen atoms in total. The van der Waals surface area contributed by atoms with Gasteiger partial charge in [-0.25, -0.2) is 0 Å². The van der Waals surface area contributed by atoms with Crippen molar-refractivity contribution in [2.75, 3.05) is 28.2 Å². The number of hydrogen-bond acceptors (Lipinski definition) is 4. The second kappa shape index (κ2) is 10.1. The Morgan fingerprint density at radius 3 is 1.93 bits per heavy atom. The number of rotatable bonds is 7. The molecule has 0 aliphatic carbocycles. The Balaban J connectivity index is 2.36. The number of ether oxygens (including phenoxy) is 1. The van der Waals surface area contributed by atoms with Gasteiger partial charge in [-0.15, -0.1) is 0 Å². The fraction of sp³-hybridized carbons (Fsp3) is 0.227. The second-order valence-electron chi connectivity index (χ2n) is 6.51. The first kappa shape index (κ1) is 20.9. The molecule has 0 radical (unpaired) electrons. The van der Waals surface area contributed by atoms with E-state index in [2.05, 4.69) is 4.98 Å². The van der Waals surface area contributed by atoms with E-state index < -0.39 is 0 Å². The Kier molecular flexibility index (Phi) is 7.51. The summed E-state index contributed by atoms with van der Waals surface area (Å²) >= 11 is 0. The van der Waals surface area contributed by atoms with E-state index in [1.165, 1.54) is 22.0 Å². The number of para-hydroxylation sites is 1. The number of benzene rings is 1. The fourth-order valence-electron chi connectivity index (χ4n) is 2.25. The highest BCUT2D eigenvalue weighted by Gasteiger charge is 2.09. The molecule has 0 atom stereocenters. The monoisotopic (exact) mass is 379 g/mol. The molecule has 0 saturated heterocycles. The molecule has 0 aliphatic rings. The van der Waals surface area contributed by atoms with E-state index in [-0.39, 0.29) is 18.4 Å². The summed E-state index contributed by atoms with van der Waals surface area (Å²) in [5.41, 5.74) is 2.26. The van der Waals surface area contributed by atoms with Crippen molar-refractivity contribution in [1.29, 1.82) is 0 Å². The van der Waals surface area contributed by atoms with Gasteiger partial charge in [0.1, 0.15) is 12.4 Å². The van der Waals surface area contributed by atoms with Gasteiger partial charge in [0, 0.05) is 57.7 Å². The number of likely N-dealkylation sites (N-methyl/N-ethyl adjacent to an activating group) is 2. The lowest BCUT2D eigenvalue weighted by Gasteiger charge is -2.13. The Morgan fingerprint density at radius 2 is 1.46 bits per heavy atom.